The third kappa shape index (κ3) is 5.30. The average Bonchev–Trinajstić information content (AvgIpc) is 2.81. The first-order valence-electron chi connectivity index (χ1n) is 7.89. The van der Waals surface area contributed by atoms with Crippen molar-refractivity contribution in [2.24, 2.45) is 11.3 Å². The van der Waals surface area contributed by atoms with Crippen LogP contribution in [-0.4, -0.2) is 47.1 Å². The summed E-state index contributed by atoms with van der Waals surface area (Å²) in [5.74, 6) is 0.262. The molecule has 122 valence electrons. The van der Waals surface area contributed by atoms with Gasteiger partial charge in [-0.3, -0.25) is 9.59 Å². The molecule has 0 aromatic carbocycles. The highest BCUT2D eigenvalue weighted by atomic mass is 16.3. The minimum Gasteiger partial charge on any atom is -0.391 e. The molecule has 1 aliphatic rings. The second-order valence-electron chi connectivity index (χ2n) is 7.44. The van der Waals surface area contributed by atoms with Gasteiger partial charge >= 0.3 is 0 Å². The summed E-state index contributed by atoms with van der Waals surface area (Å²) < 4.78 is 0. The third-order valence-electron chi connectivity index (χ3n) is 3.71. The maximum absolute atomic E-state index is 12.4. The number of nitrogens with one attached hydrogen (secondary N) is 1. The van der Waals surface area contributed by atoms with Crippen LogP contribution < -0.4 is 5.32 Å². The van der Waals surface area contributed by atoms with Gasteiger partial charge in [0.2, 0.25) is 11.8 Å². The van der Waals surface area contributed by atoms with E-state index < -0.39 is 11.5 Å². The lowest BCUT2D eigenvalue weighted by Gasteiger charge is -2.30. The summed E-state index contributed by atoms with van der Waals surface area (Å²) in [7, 11) is 0. The van der Waals surface area contributed by atoms with Crippen LogP contribution in [0.25, 0.3) is 0 Å². The SMILES string of the molecule is CC(C)CC(O)CNC(=O)C1CCCN1C(=O)C(C)(C)C. The van der Waals surface area contributed by atoms with E-state index in [9.17, 15) is 14.7 Å². The van der Waals surface area contributed by atoms with Crippen molar-refractivity contribution in [3.8, 4) is 0 Å². The molecule has 5 heteroatoms. The largest absolute Gasteiger partial charge is 0.391 e. The molecule has 5 nitrogen and oxygen atoms in total. The predicted molar refractivity (Wildman–Crippen MR) is 82.7 cm³/mol. The Bertz CT molecular complexity index is 374. The summed E-state index contributed by atoms with van der Waals surface area (Å²) >= 11 is 0. The normalized spacial score (nSPS) is 20.7. The highest BCUT2D eigenvalue weighted by Gasteiger charge is 2.38. The molecule has 0 saturated carbocycles. The molecule has 0 aromatic heterocycles. The summed E-state index contributed by atoms with van der Waals surface area (Å²) in [6, 6.07) is -0.386. The number of nitrogens with zero attached hydrogens (tertiary/aromatic N) is 1. The number of aliphatic hydroxyl groups is 1. The molecule has 0 aliphatic carbocycles. The Morgan fingerprint density at radius 3 is 2.48 bits per heavy atom. The minimum absolute atomic E-state index is 0.0166. The van der Waals surface area contributed by atoms with Crippen LogP contribution in [0.1, 0.15) is 53.9 Å². The molecule has 2 amide bonds. The molecule has 2 unspecified atom stereocenters. The maximum Gasteiger partial charge on any atom is 0.242 e. The van der Waals surface area contributed by atoms with Crippen molar-refractivity contribution in [1.29, 1.82) is 0 Å². The van der Waals surface area contributed by atoms with E-state index >= 15 is 0 Å². The Morgan fingerprint density at radius 1 is 1.33 bits per heavy atom. The Morgan fingerprint density at radius 2 is 1.95 bits per heavy atom. The van der Waals surface area contributed by atoms with Gasteiger partial charge in [-0.05, 0) is 25.2 Å². The quantitative estimate of drug-likeness (QED) is 0.809. The van der Waals surface area contributed by atoms with E-state index in [-0.39, 0.29) is 24.4 Å². The van der Waals surface area contributed by atoms with Gasteiger partial charge in [-0.1, -0.05) is 34.6 Å². The summed E-state index contributed by atoms with van der Waals surface area (Å²) in [5, 5.41) is 12.6. The zero-order valence-electron chi connectivity index (χ0n) is 14.0. The highest BCUT2D eigenvalue weighted by molar-refractivity contribution is 5.90. The molecule has 0 spiro atoms. The van der Waals surface area contributed by atoms with Gasteiger partial charge in [0, 0.05) is 18.5 Å². The van der Waals surface area contributed by atoms with Gasteiger partial charge in [0.15, 0.2) is 0 Å². The fourth-order valence-electron chi connectivity index (χ4n) is 2.68. The molecular weight excluding hydrogens is 268 g/mol. The van der Waals surface area contributed by atoms with Gasteiger partial charge in [0.05, 0.1) is 6.10 Å². The first-order valence-corrected chi connectivity index (χ1v) is 7.89. The van der Waals surface area contributed by atoms with E-state index in [4.69, 9.17) is 0 Å². The van der Waals surface area contributed by atoms with E-state index in [1.165, 1.54) is 0 Å². The van der Waals surface area contributed by atoms with E-state index in [1.54, 1.807) is 4.90 Å². The van der Waals surface area contributed by atoms with Crippen LogP contribution in [0.5, 0.6) is 0 Å². The smallest absolute Gasteiger partial charge is 0.242 e. The lowest BCUT2D eigenvalue weighted by Crippen LogP contribution is -2.50. The van der Waals surface area contributed by atoms with E-state index in [0.29, 0.717) is 25.3 Å². The predicted octanol–water partition coefficient (Wildman–Crippen LogP) is 1.55. The first-order chi connectivity index (χ1) is 9.62. The number of likely N-dealkylation sites (tertiary alicyclic amines) is 1. The Kier molecular flexibility index (Phi) is 6.20. The molecule has 1 fully saturated rings. The number of rotatable bonds is 5. The lowest BCUT2D eigenvalue weighted by molar-refractivity contribution is -0.144. The fraction of sp³-hybridized carbons (Fsp3) is 0.875. The molecule has 2 N–H and O–H groups in total. The summed E-state index contributed by atoms with van der Waals surface area (Å²) in [6.07, 6.45) is 1.69. The number of aliphatic hydroxyl groups excluding tert-OH is 1. The number of carbonyl (C=O) groups is 2. The van der Waals surface area contributed by atoms with Crippen LogP contribution in [0.2, 0.25) is 0 Å². The third-order valence-corrected chi connectivity index (χ3v) is 3.71. The van der Waals surface area contributed by atoms with Crippen molar-refractivity contribution >= 4 is 11.8 Å². The summed E-state index contributed by atoms with van der Waals surface area (Å²) in [4.78, 5) is 26.3. The topological polar surface area (TPSA) is 69.6 Å². The molecule has 21 heavy (non-hydrogen) atoms. The maximum atomic E-state index is 12.4. The zero-order chi connectivity index (χ0) is 16.2. The zero-order valence-corrected chi connectivity index (χ0v) is 14.0. The molecule has 2 atom stereocenters. The lowest BCUT2D eigenvalue weighted by atomic mass is 9.94. The summed E-state index contributed by atoms with van der Waals surface area (Å²) in [5.41, 5.74) is -0.472. The van der Waals surface area contributed by atoms with Crippen molar-refractivity contribution in [2.75, 3.05) is 13.1 Å². The van der Waals surface area contributed by atoms with Crippen LogP contribution in [0.3, 0.4) is 0 Å². The van der Waals surface area contributed by atoms with E-state index in [2.05, 4.69) is 5.32 Å². The number of hydrogen-bond acceptors (Lipinski definition) is 3. The van der Waals surface area contributed by atoms with Crippen LogP contribution in [0, 0.1) is 11.3 Å². The van der Waals surface area contributed by atoms with Crippen molar-refractivity contribution in [2.45, 2.75) is 66.0 Å². The summed E-state index contributed by atoms with van der Waals surface area (Å²) in [6.45, 7) is 10.6. The van der Waals surface area contributed by atoms with Crippen LogP contribution >= 0.6 is 0 Å². The highest BCUT2D eigenvalue weighted by Crippen LogP contribution is 2.25. The fourth-order valence-corrected chi connectivity index (χ4v) is 2.68. The average molecular weight is 298 g/mol. The monoisotopic (exact) mass is 298 g/mol. The second-order valence-corrected chi connectivity index (χ2v) is 7.44. The molecule has 1 rings (SSSR count). The number of hydrogen-bond donors (Lipinski definition) is 2. The minimum atomic E-state index is -0.526. The Hall–Kier alpha value is -1.10. The molecule has 0 radical (unpaired) electrons. The van der Waals surface area contributed by atoms with Crippen molar-refractivity contribution in [1.82, 2.24) is 10.2 Å². The molecule has 1 saturated heterocycles. The molecule has 0 aromatic rings. The number of amides is 2. The van der Waals surface area contributed by atoms with Gasteiger partial charge in [-0.15, -0.1) is 0 Å². The molecule has 1 heterocycles. The van der Waals surface area contributed by atoms with Crippen LogP contribution in [0.15, 0.2) is 0 Å². The number of carbonyl (C=O) groups excluding carboxylic acids is 2. The standard InChI is InChI=1S/C16H30N2O3/c1-11(2)9-12(19)10-17-14(20)13-7-6-8-18(13)15(21)16(3,4)5/h11-13,19H,6-10H2,1-5H3,(H,17,20). The Labute approximate surface area is 128 Å². The van der Waals surface area contributed by atoms with Crippen molar-refractivity contribution in [3.05, 3.63) is 0 Å². The second kappa shape index (κ2) is 7.25. The van der Waals surface area contributed by atoms with Crippen molar-refractivity contribution in [3.63, 3.8) is 0 Å². The van der Waals surface area contributed by atoms with E-state index in [1.807, 2.05) is 34.6 Å². The van der Waals surface area contributed by atoms with Gasteiger partial charge in [-0.25, -0.2) is 0 Å². The van der Waals surface area contributed by atoms with E-state index in [0.717, 1.165) is 6.42 Å². The van der Waals surface area contributed by atoms with Gasteiger partial charge < -0.3 is 15.3 Å². The van der Waals surface area contributed by atoms with Gasteiger partial charge in [0.1, 0.15) is 6.04 Å². The molecular formula is C16H30N2O3. The Balaban J connectivity index is 2.55. The van der Waals surface area contributed by atoms with Crippen molar-refractivity contribution < 1.29 is 14.7 Å². The molecule has 1 aliphatic heterocycles. The van der Waals surface area contributed by atoms with Gasteiger partial charge in [0.25, 0.3) is 0 Å². The molecule has 0 bridgehead atoms. The first kappa shape index (κ1) is 18.0. The van der Waals surface area contributed by atoms with Gasteiger partial charge in [-0.2, -0.15) is 0 Å². The van der Waals surface area contributed by atoms with Crippen LogP contribution in [-0.2, 0) is 9.59 Å². The van der Waals surface area contributed by atoms with Crippen LogP contribution in [0.4, 0.5) is 0 Å².